The molecule has 1 saturated heterocycles. The molecule has 0 spiro atoms. The van der Waals surface area contributed by atoms with Gasteiger partial charge in [0.25, 0.3) is 0 Å². The molecular formula is C16H25FN2O. The summed E-state index contributed by atoms with van der Waals surface area (Å²) in [6.07, 6.45) is 1.12. The van der Waals surface area contributed by atoms with E-state index in [0.717, 1.165) is 31.6 Å². The van der Waals surface area contributed by atoms with E-state index in [2.05, 4.69) is 25.7 Å². The predicted molar refractivity (Wildman–Crippen MR) is 79.0 cm³/mol. The van der Waals surface area contributed by atoms with Crippen molar-refractivity contribution in [3.8, 4) is 0 Å². The molecule has 1 aliphatic rings. The number of hydrogen-bond acceptors (Lipinski definition) is 3. The zero-order valence-corrected chi connectivity index (χ0v) is 12.6. The summed E-state index contributed by atoms with van der Waals surface area (Å²) in [6, 6.07) is 6.43. The summed E-state index contributed by atoms with van der Waals surface area (Å²) in [7, 11) is 0. The topological polar surface area (TPSA) is 38.5 Å². The smallest absolute Gasteiger partial charge is 0.123 e. The first-order valence-electron chi connectivity index (χ1n) is 7.27. The molecule has 3 nitrogen and oxygen atoms in total. The molecule has 2 N–H and O–H groups in total. The van der Waals surface area contributed by atoms with Crippen molar-refractivity contribution in [3.63, 3.8) is 0 Å². The molecule has 0 aliphatic carbocycles. The molecule has 0 radical (unpaired) electrons. The fourth-order valence-electron chi connectivity index (χ4n) is 2.95. The van der Waals surface area contributed by atoms with Crippen molar-refractivity contribution in [3.05, 3.63) is 35.6 Å². The van der Waals surface area contributed by atoms with Crippen molar-refractivity contribution >= 4 is 0 Å². The van der Waals surface area contributed by atoms with Crippen molar-refractivity contribution in [2.45, 2.75) is 44.9 Å². The van der Waals surface area contributed by atoms with Crippen LogP contribution in [0.5, 0.6) is 0 Å². The van der Waals surface area contributed by atoms with E-state index in [1.807, 2.05) is 0 Å². The lowest BCUT2D eigenvalue weighted by atomic mass is 10.0. The molecule has 0 saturated carbocycles. The molecular weight excluding hydrogens is 255 g/mol. The maximum Gasteiger partial charge on any atom is 0.123 e. The maximum absolute atomic E-state index is 12.9. The molecule has 1 aromatic rings. The average Bonchev–Trinajstić information content (AvgIpc) is 2.34. The van der Waals surface area contributed by atoms with Crippen LogP contribution in [0.25, 0.3) is 0 Å². The number of halogens is 1. The first kappa shape index (κ1) is 15.4. The minimum absolute atomic E-state index is 0.0446. The summed E-state index contributed by atoms with van der Waals surface area (Å²) in [5.74, 6) is -0.218. The second-order valence-corrected chi connectivity index (χ2v) is 6.37. The van der Waals surface area contributed by atoms with Gasteiger partial charge in [0, 0.05) is 25.7 Å². The number of hydrogen-bond donors (Lipinski definition) is 1. The second kappa shape index (κ2) is 6.20. The highest BCUT2D eigenvalue weighted by Gasteiger charge is 2.31. The molecule has 2 unspecified atom stereocenters. The molecule has 4 heteroatoms. The van der Waals surface area contributed by atoms with Crippen molar-refractivity contribution in [1.29, 1.82) is 0 Å². The molecule has 20 heavy (non-hydrogen) atoms. The molecule has 1 aromatic carbocycles. The van der Waals surface area contributed by atoms with Crippen LogP contribution >= 0.6 is 0 Å². The van der Waals surface area contributed by atoms with Crippen LogP contribution < -0.4 is 5.73 Å². The molecule has 0 aromatic heterocycles. The molecule has 1 heterocycles. The molecule has 1 fully saturated rings. The van der Waals surface area contributed by atoms with Crippen molar-refractivity contribution in [1.82, 2.24) is 4.90 Å². The van der Waals surface area contributed by atoms with Crippen LogP contribution in [0.15, 0.2) is 24.3 Å². The van der Waals surface area contributed by atoms with Gasteiger partial charge in [-0.2, -0.15) is 0 Å². The van der Waals surface area contributed by atoms with Gasteiger partial charge >= 0.3 is 0 Å². The van der Waals surface area contributed by atoms with Gasteiger partial charge in [0.2, 0.25) is 0 Å². The zero-order chi connectivity index (χ0) is 14.8. The number of rotatable bonds is 4. The Bertz CT molecular complexity index is 433. The Labute approximate surface area is 120 Å². The van der Waals surface area contributed by atoms with Crippen molar-refractivity contribution in [2.75, 3.05) is 19.6 Å². The standard InChI is InChI=1S/C16H25FN2O/c1-12-10-19(11-16(2,3)20-12)9-8-15(18)13-4-6-14(17)7-5-13/h4-7,12,15H,8-11,18H2,1-3H3. The minimum atomic E-state index is -0.218. The number of benzene rings is 1. The van der Waals surface area contributed by atoms with Gasteiger partial charge in [-0.25, -0.2) is 4.39 Å². The van der Waals surface area contributed by atoms with Gasteiger partial charge in [-0.05, 0) is 44.9 Å². The molecule has 0 bridgehead atoms. The van der Waals surface area contributed by atoms with E-state index < -0.39 is 0 Å². The van der Waals surface area contributed by atoms with Gasteiger partial charge in [0.05, 0.1) is 11.7 Å². The largest absolute Gasteiger partial charge is 0.370 e. The summed E-state index contributed by atoms with van der Waals surface area (Å²) in [6.45, 7) is 9.15. The first-order chi connectivity index (χ1) is 9.35. The summed E-state index contributed by atoms with van der Waals surface area (Å²) in [5, 5.41) is 0. The van der Waals surface area contributed by atoms with Crippen LogP contribution in [0.3, 0.4) is 0 Å². The number of ether oxygens (including phenoxy) is 1. The zero-order valence-electron chi connectivity index (χ0n) is 12.6. The van der Waals surface area contributed by atoms with Crippen LogP contribution in [-0.4, -0.2) is 36.2 Å². The van der Waals surface area contributed by atoms with Gasteiger partial charge in [0.15, 0.2) is 0 Å². The Kier molecular flexibility index (Phi) is 4.78. The summed E-state index contributed by atoms with van der Waals surface area (Å²) >= 11 is 0. The van der Waals surface area contributed by atoms with E-state index in [1.165, 1.54) is 12.1 Å². The lowest BCUT2D eigenvalue weighted by Crippen LogP contribution is -2.52. The Morgan fingerprint density at radius 3 is 2.65 bits per heavy atom. The third-order valence-electron chi connectivity index (χ3n) is 3.69. The van der Waals surface area contributed by atoms with E-state index >= 15 is 0 Å². The van der Waals surface area contributed by atoms with Gasteiger partial charge in [-0.15, -0.1) is 0 Å². The predicted octanol–water partition coefficient (Wildman–Crippen LogP) is 2.71. The monoisotopic (exact) mass is 280 g/mol. The van der Waals surface area contributed by atoms with Crippen molar-refractivity contribution in [2.24, 2.45) is 5.73 Å². The van der Waals surface area contributed by atoms with Crippen LogP contribution in [-0.2, 0) is 4.74 Å². The Morgan fingerprint density at radius 2 is 2.05 bits per heavy atom. The van der Waals surface area contributed by atoms with Gasteiger partial charge in [0.1, 0.15) is 5.82 Å². The normalized spacial score (nSPS) is 24.6. The first-order valence-corrected chi connectivity index (χ1v) is 7.27. The summed E-state index contributed by atoms with van der Waals surface area (Å²) in [5.41, 5.74) is 7.08. The average molecular weight is 280 g/mol. The molecule has 0 amide bonds. The highest BCUT2D eigenvalue weighted by atomic mass is 19.1. The number of morpholine rings is 1. The van der Waals surface area contributed by atoms with Gasteiger partial charge < -0.3 is 10.5 Å². The minimum Gasteiger partial charge on any atom is -0.370 e. The highest BCUT2D eigenvalue weighted by molar-refractivity contribution is 5.19. The second-order valence-electron chi connectivity index (χ2n) is 6.37. The van der Waals surface area contributed by atoms with Crippen LogP contribution in [0.2, 0.25) is 0 Å². The SMILES string of the molecule is CC1CN(CCC(N)c2ccc(F)cc2)CC(C)(C)O1. The van der Waals surface area contributed by atoms with Crippen LogP contribution in [0.1, 0.15) is 38.8 Å². The molecule has 2 rings (SSSR count). The molecule has 2 atom stereocenters. The van der Waals surface area contributed by atoms with E-state index in [1.54, 1.807) is 12.1 Å². The molecule has 112 valence electrons. The van der Waals surface area contributed by atoms with Gasteiger partial charge in [-0.1, -0.05) is 12.1 Å². The fourth-order valence-corrected chi connectivity index (χ4v) is 2.95. The maximum atomic E-state index is 12.9. The fraction of sp³-hybridized carbons (Fsp3) is 0.625. The number of nitrogens with two attached hydrogens (primary N) is 1. The molecule has 1 aliphatic heterocycles. The van der Waals surface area contributed by atoms with E-state index in [0.29, 0.717) is 0 Å². The third kappa shape index (κ3) is 4.27. The lowest BCUT2D eigenvalue weighted by molar-refractivity contribution is -0.128. The van der Waals surface area contributed by atoms with E-state index in [-0.39, 0.29) is 23.6 Å². The quantitative estimate of drug-likeness (QED) is 0.921. The third-order valence-corrected chi connectivity index (χ3v) is 3.69. The van der Waals surface area contributed by atoms with Gasteiger partial charge in [-0.3, -0.25) is 4.90 Å². The Balaban J connectivity index is 1.86. The lowest BCUT2D eigenvalue weighted by Gasteiger charge is -2.42. The van der Waals surface area contributed by atoms with E-state index in [4.69, 9.17) is 10.5 Å². The number of nitrogens with zero attached hydrogens (tertiary/aromatic N) is 1. The highest BCUT2D eigenvalue weighted by Crippen LogP contribution is 2.22. The summed E-state index contributed by atoms with van der Waals surface area (Å²) < 4.78 is 18.8. The summed E-state index contributed by atoms with van der Waals surface area (Å²) in [4.78, 5) is 2.40. The van der Waals surface area contributed by atoms with E-state index in [9.17, 15) is 4.39 Å². The van der Waals surface area contributed by atoms with Crippen LogP contribution in [0, 0.1) is 5.82 Å². The van der Waals surface area contributed by atoms with Crippen molar-refractivity contribution < 1.29 is 9.13 Å². The van der Waals surface area contributed by atoms with Crippen LogP contribution in [0.4, 0.5) is 4.39 Å². The Hall–Kier alpha value is -0.970. The Morgan fingerprint density at radius 1 is 1.40 bits per heavy atom.